The van der Waals surface area contributed by atoms with Gasteiger partial charge < -0.3 is 15.5 Å². The van der Waals surface area contributed by atoms with Gasteiger partial charge in [-0.1, -0.05) is 0 Å². The molecule has 0 spiro atoms. The third-order valence-electron chi connectivity index (χ3n) is 4.85. The van der Waals surface area contributed by atoms with Gasteiger partial charge in [-0.05, 0) is 31.2 Å². The first kappa shape index (κ1) is 23.8. The number of hydrogen-bond donors (Lipinski definition) is 2. The van der Waals surface area contributed by atoms with Crippen molar-refractivity contribution in [3.05, 3.63) is 46.2 Å². The molecule has 0 amide bonds. The van der Waals surface area contributed by atoms with Crippen LogP contribution < -0.4 is 15.5 Å². The Bertz CT molecular complexity index is 759. The molecule has 160 valence electrons. The van der Waals surface area contributed by atoms with E-state index in [1.54, 1.807) is 18.4 Å². The highest BCUT2D eigenvalue weighted by Crippen LogP contribution is 2.16. The van der Waals surface area contributed by atoms with Gasteiger partial charge in [-0.15, -0.1) is 35.3 Å². The summed E-state index contributed by atoms with van der Waals surface area (Å²) >= 11 is 1.69. The van der Waals surface area contributed by atoms with Crippen LogP contribution in [0.5, 0.6) is 0 Å². The number of piperazine rings is 1. The number of halogens is 2. The topological polar surface area (TPSA) is 55.8 Å². The van der Waals surface area contributed by atoms with E-state index in [9.17, 15) is 4.39 Å². The maximum absolute atomic E-state index is 13.1. The van der Waals surface area contributed by atoms with Crippen molar-refractivity contribution < 1.29 is 4.39 Å². The molecule has 1 saturated heterocycles. The van der Waals surface area contributed by atoms with E-state index >= 15 is 0 Å². The molecule has 0 saturated carbocycles. The summed E-state index contributed by atoms with van der Waals surface area (Å²) in [5, 5.41) is 9.94. The second kappa shape index (κ2) is 12.3. The molecule has 2 heterocycles. The van der Waals surface area contributed by atoms with Crippen LogP contribution in [0.4, 0.5) is 10.1 Å². The van der Waals surface area contributed by atoms with Gasteiger partial charge in [0, 0.05) is 70.3 Å². The van der Waals surface area contributed by atoms with Gasteiger partial charge in [0.15, 0.2) is 5.96 Å². The van der Waals surface area contributed by atoms with Crippen LogP contribution in [0.3, 0.4) is 0 Å². The van der Waals surface area contributed by atoms with Gasteiger partial charge in [-0.25, -0.2) is 9.37 Å². The summed E-state index contributed by atoms with van der Waals surface area (Å²) in [5.41, 5.74) is 2.23. The van der Waals surface area contributed by atoms with Crippen molar-refractivity contribution in [3.8, 4) is 0 Å². The van der Waals surface area contributed by atoms with Gasteiger partial charge >= 0.3 is 0 Å². The minimum atomic E-state index is -0.183. The van der Waals surface area contributed by atoms with Crippen LogP contribution in [-0.2, 0) is 6.42 Å². The third-order valence-corrected chi connectivity index (χ3v) is 5.67. The average molecular weight is 532 g/mol. The molecule has 29 heavy (non-hydrogen) atoms. The number of aromatic nitrogens is 1. The summed E-state index contributed by atoms with van der Waals surface area (Å²) in [6, 6.07) is 6.77. The molecule has 0 aliphatic carbocycles. The largest absolute Gasteiger partial charge is 0.369 e. The van der Waals surface area contributed by atoms with Crippen molar-refractivity contribution in [2.45, 2.75) is 13.3 Å². The van der Waals surface area contributed by atoms with Gasteiger partial charge in [-0.3, -0.25) is 9.89 Å². The van der Waals surface area contributed by atoms with Crippen molar-refractivity contribution in [1.82, 2.24) is 20.5 Å². The molecule has 2 aromatic rings. The molecule has 9 heteroatoms. The zero-order chi connectivity index (χ0) is 19.8. The number of aliphatic imine (C=N–C) groups is 1. The number of hydrogen-bond acceptors (Lipinski definition) is 5. The lowest BCUT2D eigenvalue weighted by atomic mass is 10.2. The SMILES string of the molecule is CN=C(NCCc1csc(C)n1)NCCN1CCN(c2ccc(F)cc2)CC1.I. The van der Waals surface area contributed by atoms with E-state index < -0.39 is 0 Å². The number of thiazole rings is 1. The van der Waals surface area contributed by atoms with Crippen LogP contribution in [0.2, 0.25) is 0 Å². The van der Waals surface area contributed by atoms with Gasteiger partial charge in [0.25, 0.3) is 0 Å². The predicted octanol–water partition coefficient (Wildman–Crippen LogP) is 2.74. The van der Waals surface area contributed by atoms with Crippen molar-refractivity contribution >= 4 is 47.0 Å². The minimum Gasteiger partial charge on any atom is -0.369 e. The molecular weight excluding hydrogens is 502 g/mol. The molecule has 0 radical (unpaired) electrons. The van der Waals surface area contributed by atoms with Gasteiger partial charge in [0.2, 0.25) is 0 Å². The summed E-state index contributed by atoms with van der Waals surface area (Å²) in [7, 11) is 1.80. The Labute approximate surface area is 193 Å². The third kappa shape index (κ3) is 7.71. The first-order chi connectivity index (χ1) is 13.6. The first-order valence-electron chi connectivity index (χ1n) is 9.72. The van der Waals surface area contributed by atoms with E-state index in [0.29, 0.717) is 0 Å². The Morgan fingerprint density at radius 2 is 1.83 bits per heavy atom. The molecule has 2 N–H and O–H groups in total. The summed E-state index contributed by atoms with van der Waals surface area (Å²) in [5.74, 6) is 0.647. The number of nitrogens with one attached hydrogen (secondary N) is 2. The molecule has 0 bridgehead atoms. The Kier molecular flexibility index (Phi) is 10.1. The molecular formula is C20H30FIN6S. The van der Waals surface area contributed by atoms with Crippen LogP contribution >= 0.6 is 35.3 Å². The van der Waals surface area contributed by atoms with Gasteiger partial charge in [-0.2, -0.15) is 0 Å². The number of rotatable bonds is 7. The van der Waals surface area contributed by atoms with E-state index in [1.165, 1.54) is 12.1 Å². The smallest absolute Gasteiger partial charge is 0.191 e. The normalized spacial score (nSPS) is 15.1. The van der Waals surface area contributed by atoms with E-state index in [2.05, 4.69) is 35.8 Å². The summed E-state index contributed by atoms with van der Waals surface area (Å²) in [4.78, 5) is 13.5. The van der Waals surface area contributed by atoms with E-state index in [-0.39, 0.29) is 29.8 Å². The maximum Gasteiger partial charge on any atom is 0.191 e. The molecule has 1 aromatic carbocycles. The minimum absolute atomic E-state index is 0. The number of aryl methyl sites for hydroxylation is 1. The summed E-state index contributed by atoms with van der Waals surface area (Å²) < 4.78 is 13.1. The predicted molar refractivity (Wildman–Crippen MR) is 130 cm³/mol. The summed E-state index contributed by atoms with van der Waals surface area (Å²) in [6.45, 7) is 8.62. The fourth-order valence-corrected chi connectivity index (χ4v) is 3.91. The maximum atomic E-state index is 13.1. The zero-order valence-corrected chi connectivity index (χ0v) is 20.2. The highest BCUT2D eigenvalue weighted by atomic mass is 127. The quantitative estimate of drug-likeness (QED) is 0.327. The van der Waals surface area contributed by atoms with Crippen LogP contribution in [0.15, 0.2) is 34.6 Å². The van der Waals surface area contributed by atoms with Crippen LogP contribution in [0, 0.1) is 12.7 Å². The molecule has 6 nitrogen and oxygen atoms in total. The van der Waals surface area contributed by atoms with Crippen LogP contribution in [-0.4, -0.2) is 68.7 Å². The number of benzene rings is 1. The molecule has 1 aromatic heterocycles. The Balaban J connectivity index is 0.00000300. The van der Waals surface area contributed by atoms with Crippen molar-refractivity contribution in [2.75, 3.05) is 57.8 Å². The molecule has 1 fully saturated rings. The van der Waals surface area contributed by atoms with E-state index in [1.807, 2.05) is 19.1 Å². The lowest BCUT2D eigenvalue weighted by Crippen LogP contribution is -2.49. The van der Waals surface area contributed by atoms with Crippen molar-refractivity contribution in [2.24, 2.45) is 4.99 Å². The monoisotopic (exact) mass is 532 g/mol. The van der Waals surface area contributed by atoms with E-state index in [4.69, 9.17) is 0 Å². The second-order valence-corrected chi connectivity index (χ2v) is 7.90. The Morgan fingerprint density at radius 1 is 1.14 bits per heavy atom. The van der Waals surface area contributed by atoms with Gasteiger partial charge in [0.05, 0.1) is 10.7 Å². The standard InChI is InChI=1S/C20H29FN6S.HI/c1-16-25-18(15-28-16)7-8-23-20(22-2)24-9-10-26-11-13-27(14-12-26)19-5-3-17(21)4-6-19;/h3-6,15H,7-14H2,1-2H3,(H2,22,23,24);1H. The van der Waals surface area contributed by atoms with Gasteiger partial charge in [0.1, 0.15) is 5.82 Å². The highest BCUT2D eigenvalue weighted by molar-refractivity contribution is 14.0. The second-order valence-electron chi connectivity index (χ2n) is 6.84. The number of anilines is 1. The molecule has 0 unspecified atom stereocenters. The molecule has 1 aliphatic rings. The van der Waals surface area contributed by atoms with Crippen LogP contribution in [0.25, 0.3) is 0 Å². The van der Waals surface area contributed by atoms with E-state index in [0.717, 1.165) is 74.6 Å². The van der Waals surface area contributed by atoms with Crippen LogP contribution in [0.1, 0.15) is 10.7 Å². The molecule has 1 aliphatic heterocycles. The number of guanidine groups is 1. The lowest BCUT2D eigenvalue weighted by Gasteiger charge is -2.36. The zero-order valence-electron chi connectivity index (χ0n) is 17.0. The Hall–Kier alpha value is -1.46. The fourth-order valence-electron chi connectivity index (χ4n) is 3.27. The Morgan fingerprint density at radius 3 is 2.45 bits per heavy atom. The molecule has 0 atom stereocenters. The fraction of sp³-hybridized carbons (Fsp3) is 0.500. The lowest BCUT2D eigenvalue weighted by molar-refractivity contribution is 0.261. The summed E-state index contributed by atoms with van der Waals surface area (Å²) in [6.07, 6.45) is 0.899. The van der Waals surface area contributed by atoms with Crippen molar-refractivity contribution in [3.63, 3.8) is 0 Å². The van der Waals surface area contributed by atoms with Crippen molar-refractivity contribution in [1.29, 1.82) is 0 Å². The molecule has 3 rings (SSSR count). The first-order valence-corrected chi connectivity index (χ1v) is 10.6. The number of nitrogens with zero attached hydrogens (tertiary/aromatic N) is 4. The average Bonchev–Trinajstić information content (AvgIpc) is 3.13. The highest BCUT2D eigenvalue weighted by Gasteiger charge is 2.16.